The molecule has 2 N–H and O–H groups in total. The Kier molecular flexibility index (Phi) is 2.91. The summed E-state index contributed by atoms with van der Waals surface area (Å²) in [6, 6.07) is 13.6. The maximum Gasteiger partial charge on any atom is 0.119 e. The van der Waals surface area contributed by atoms with E-state index in [1.807, 2.05) is 30.3 Å². The third-order valence-corrected chi connectivity index (χ3v) is 3.40. The fourth-order valence-corrected chi connectivity index (χ4v) is 2.38. The zero-order valence-electron chi connectivity index (χ0n) is 10.7. The number of hydrogen-bond acceptors (Lipinski definition) is 3. The van der Waals surface area contributed by atoms with Crippen molar-refractivity contribution in [1.82, 2.24) is 15.4 Å². The average molecular weight is 253 g/mol. The van der Waals surface area contributed by atoms with Crippen LogP contribution in [0.1, 0.15) is 24.0 Å². The van der Waals surface area contributed by atoms with Crippen molar-refractivity contribution >= 4 is 11.0 Å². The van der Waals surface area contributed by atoms with Gasteiger partial charge in [-0.1, -0.05) is 36.4 Å². The van der Waals surface area contributed by atoms with E-state index in [4.69, 9.17) is 0 Å². The number of fused-ring (bicyclic) bond motifs is 1. The molecule has 0 aliphatic heterocycles. The van der Waals surface area contributed by atoms with Gasteiger partial charge in [0.05, 0.1) is 5.52 Å². The molecule has 1 unspecified atom stereocenters. The number of hydrogen-bond donors (Lipinski definition) is 2. The molecule has 0 amide bonds. The summed E-state index contributed by atoms with van der Waals surface area (Å²) in [5, 5.41) is 20.5. The van der Waals surface area contributed by atoms with Gasteiger partial charge in [0, 0.05) is 0 Å². The maximum atomic E-state index is 9.87. The SMILES string of the molecule is CC(Cc1ccc2[nH]nnc2c1)c1ccccc1O. The van der Waals surface area contributed by atoms with E-state index < -0.39 is 0 Å². The first-order chi connectivity index (χ1) is 9.24. The lowest BCUT2D eigenvalue weighted by Crippen LogP contribution is -1.98. The number of aromatic nitrogens is 3. The molecule has 1 heterocycles. The summed E-state index contributed by atoms with van der Waals surface area (Å²) in [7, 11) is 0. The summed E-state index contributed by atoms with van der Waals surface area (Å²) in [6.07, 6.45) is 0.861. The summed E-state index contributed by atoms with van der Waals surface area (Å²) in [5.41, 5.74) is 3.99. The largest absolute Gasteiger partial charge is 0.508 e. The van der Waals surface area contributed by atoms with Crippen LogP contribution in [0.15, 0.2) is 42.5 Å². The van der Waals surface area contributed by atoms with E-state index in [-0.39, 0.29) is 5.92 Å². The van der Waals surface area contributed by atoms with Crippen molar-refractivity contribution in [2.24, 2.45) is 0 Å². The van der Waals surface area contributed by atoms with Crippen LogP contribution in [-0.2, 0) is 6.42 Å². The smallest absolute Gasteiger partial charge is 0.119 e. The van der Waals surface area contributed by atoms with Crippen LogP contribution in [0.2, 0.25) is 0 Å². The van der Waals surface area contributed by atoms with E-state index in [0.29, 0.717) is 5.75 Å². The van der Waals surface area contributed by atoms with Crippen molar-refractivity contribution in [2.45, 2.75) is 19.3 Å². The molecule has 0 bridgehead atoms. The van der Waals surface area contributed by atoms with E-state index in [9.17, 15) is 5.11 Å². The first-order valence-electron chi connectivity index (χ1n) is 6.31. The fourth-order valence-electron chi connectivity index (χ4n) is 2.38. The number of rotatable bonds is 3. The minimum atomic E-state index is 0.255. The highest BCUT2D eigenvalue weighted by molar-refractivity contribution is 5.74. The summed E-state index contributed by atoms with van der Waals surface area (Å²) >= 11 is 0. The Balaban J connectivity index is 1.86. The molecule has 4 heteroatoms. The molecular formula is C15H15N3O. The van der Waals surface area contributed by atoms with Gasteiger partial charge in [-0.3, -0.25) is 5.10 Å². The Morgan fingerprint density at radius 3 is 2.89 bits per heavy atom. The highest BCUT2D eigenvalue weighted by Gasteiger charge is 2.11. The van der Waals surface area contributed by atoms with Crippen LogP contribution >= 0.6 is 0 Å². The number of nitrogens with one attached hydrogen (secondary N) is 1. The number of phenols is 1. The van der Waals surface area contributed by atoms with Crippen molar-refractivity contribution in [3.8, 4) is 5.75 Å². The molecule has 0 saturated carbocycles. The molecule has 0 aliphatic rings. The second kappa shape index (κ2) is 4.72. The topological polar surface area (TPSA) is 61.8 Å². The van der Waals surface area contributed by atoms with Gasteiger partial charge < -0.3 is 5.11 Å². The molecule has 4 nitrogen and oxygen atoms in total. The van der Waals surface area contributed by atoms with E-state index in [1.165, 1.54) is 5.56 Å². The molecule has 2 aromatic carbocycles. The number of aromatic amines is 1. The number of aromatic hydroxyl groups is 1. The van der Waals surface area contributed by atoms with Gasteiger partial charge in [-0.05, 0) is 41.7 Å². The van der Waals surface area contributed by atoms with Gasteiger partial charge in [0.15, 0.2) is 0 Å². The van der Waals surface area contributed by atoms with Crippen molar-refractivity contribution < 1.29 is 5.11 Å². The molecule has 0 radical (unpaired) electrons. The quantitative estimate of drug-likeness (QED) is 0.754. The van der Waals surface area contributed by atoms with Gasteiger partial charge in [0.25, 0.3) is 0 Å². The minimum absolute atomic E-state index is 0.255. The third-order valence-electron chi connectivity index (χ3n) is 3.40. The second-order valence-electron chi connectivity index (χ2n) is 4.83. The van der Waals surface area contributed by atoms with Crippen LogP contribution in [-0.4, -0.2) is 20.5 Å². The predicted molar refractivity (Wildman–Crippen MR) is 74.1 cm³/mol. The van der Waals surface area contributed by atoms with Crippen LogP contribution in [0.25, 0.3) is 11.0 Å². The van der Waals surface area contributed by atoms with Crippen LogP contribution in [0, 0.1) is 0 Å². The van der Waals surface area contributed by atoms with Crippen LogP contribution < -0.4 is 0 Å². The summed E-state index contributed by atoms with van der Waals surface area (Å²) < 4.78 is 0. The Labute approximate surface area is 111 Å². The van der Waals surface area contributed by atoms with Gasteiger partial charge >= 0.3 is 0 Å². The molecule has 3 rings (SSSR count). The molecule has 1 aromatic heterocycles. The van der Waals surface area contributed by atoms with Crippen molar-refractivity contribution in [3.63, 3.8) is 0 Å². The van der Waals surface area contributed by atoms with Crippen molar-refractivity contribution in [3.05, 3.63) is 53.6 Å². The lowest BCUT2D eigenvalue weighted by atomic mass is 9.93. The third kappa shape index (κ3) is 2.29. The molecule has 1 atom stereocenters. The average Bonchev–Trinajstić information content (AvgIpc) is 2.86. The molecule has 3 aromatic rings. The molecule has 0 saturated heterocycles. The van der Waals surface area contributed by atoms with Crippen LogP contribution in [0.5, 0.6) is 5.75 Å². The highest BCUT2D eigenvalue weighted by Crippen LogP contribution is 2.28. The zero-order chi connectivity index (χ0) is 13.2. The molecule has 0 spiro atoms. The Morgan fingerprint density at radius 2 is 2.05 bits per heavy atom. The van der Waals surface area contributed by atoms with Gasteiger partial charge in [0.2, 0.25) is 0 Å². The van der Waals surface area contributed by atoms with Crippen LogP contribution in [0.4, 0.5) is 0 Å². The molecule has 96 valence electrons. The number of para-hydroxylation sites is 1. The van der Waals surface area contributed by atoms with E-state index in [1.54, 1.807) is 6.07 Å². The van der Waals surface area contributed by atoms with Crippen molar-refractivity contribution in [1.29, 1.82) is 0 Å². The first-order valence-corrected chi connectivity index (χ1v) is 6.31. The maximum absolute atomic E-state index is 9.87. The number of benzene rings is 2. The first kappa shape index (κ1) is 11.7. The zero-order valence-corrected chi connectivity index (χ0v) is 10.7. The van der Waals surface area contributed by atoms with Gasteiger partial charge in [-0.15, -0.1) is 5.10 Å². The summed E-state index contributed by atoms with van der Waals surface area (Å²) in [6.45, 7) is 2.11. The number of nitrogens with zero attached hydrogens (tertiary/aromatic N) is 2. The monoisotopic (exact) mass is 253 g/mol. The molecular weight excluding hydrogens is 238 g/mol. The Morgan fingerprint density at radius 1 is 1.21 bits per heavy atom. The molecule has 19 heavy (non-hydrogen) atoms. The van der Waals surface area contributed by atoms with E-state index in [0.717, 1.165) is 23.0 Å². The van der Waals surface area contributed by atoms with E-state index >= 15 is 0 Å². The van der Waals surface area contributed by atoms with Crippen LogP contribution in [0.3, 0.4) is 0 Å². The molecule has 0 aliphatic carbocycles. The van der Waals surface area contributed by atoms with E-state index in [2.05, 4.69) is 28.4 Å². The second-order valence-corrected chi connectivity index (χ2v) is 4.83. The molecule has 0 fully saturated rings. The summed E-state index contributed by atoms with van der Waals surface area (Å²) in [5.74, 6) is 0.614. The Bertz CT molecular complexity index is 705. The lowest BCUT2D eigenvalue weighted by Gasteiger charge is -2.13. The minimum Gasteiger partial charge on any atom is -0.508 e. The van der Waals surface area contributed by atoms with Gasteiger partial charge in [-0.25, -0.2) is 0 Å². The predicted octanol–water partition coefficient (Wildman–Crippen LogP) is 3.01. The normalized spacial score (nSPS) is 12.7. The highest BCUT2D eigenvalue weighted by atomic mass is 16.3. The Hall–Kier alpha value is -2.36. The number of phenolic OH excluding ortho intramolecular Hbond substituents is 1. The standard InChI is InChI=1S/C15H15N3O/c1-10(12-4-2-3-5-15(12)19)8-11-6-7-13-14(9-11)17-18-16-13/h2-7,9-10,19H,8H2,1H3,(H,16,17,18). The summed E-state index contributed by atoms with van der Waals surface area (Å²) in [4.78, 5) is 0. The van der Waals surface area contributed by atoms with Gasteiger partial charge in [-0.2, -0.15) is 0 Å². The number of H-pyrrole nitrogens is 1. The van der Waals surface area contributed by atoms with Gasteiger partial charge in [0.1, 0.15) is 11.3 Å². The van der Waals surface area contributed by atoms with Crippen molar-refractivity contribution in [2.75, 3.05) is 0 Å². The fraction of sp³-hybridized carbons (Fsp3) is 0.200. The lowest BCUT2D eigenvalue weighted by molar-refractivity contribution is 0.462.